The van der Waals surface area contributed by atoms with Crippen molar-refractivity contribution in [2.45, 2.75) is 84.8 Å². The molecule has 0 spiro atoms. The fourth-order valence-corrected chi connectivity index (χ4v) is 2.61. The molecule has 19 heavy (non-hydrogen) atoms. The molecule has 0 unspecified atom stereocenters. The van der Waals surface area contributed by atoms with Crippen molar-refractivity contribution in [3.63, 3.8) is 0 Å². The van der Waals surface area contributed by atoms with Gasteiger partial charge in [0.25, 0.3) is 0 Å². The Bertz CT molecular complexity index is 233. The third-order valence-electron chi connectivity index (χ3n) is 4.77. The van der Waals surface area contributed by atoms with Crippen molar-refractivity contribution in [2.75, 3.05) is 5.88 Å². The summed E-state index contributed by atoms with van der Waals surface area (Å²) < 4.78 is 0. The van der Waals surface area contributed by atoms with E-state index in [1.54, 1.807) is 0 Å². The maximum atomic E-state index is 5.81. The zero-order valence-corrected chi connectivity index (χ0v) is 14.6. The van der Waals surface area contributed by atoms with Crippen LogP contribution in [0.4, 0.5) is 0 Å². The molecule has 0 amide bonds. The van der Waals surface area contributed by atoms with Crippen LogP contribution in [0.5, 0.6) is 0 Å². The van der Waals surface area contributed by atoms with Crippen LogP contribution < -0.4 is 0 Å². The van der Waals surface area contributed by atoms with Crippen LogP contribution >= 0.6 is 11.6 Å². The van der Waals surface area contributed by atoms with Gasteiger partial charge in [-0.25, -0.2) is 0 Å². The standard InChI is InChI=1S/C17H34BCl/c1-6-7-8-9-10-11-13-18(14-12-15-19)17(4,5)16(2)3/h12,14,16H,6-11,13,15H2,1-5H3/b14-12+. The first-order valence-corrected chi connectivity index (χ1v) is 8.72. The first-order chi connectivity index (χ1) is 8.96. The normalized spacial score (nSPS) is 12.6. The average Bonchev–Trinajstić information content (AvgIpc) is 2.36. The van der Waals surface area contributed by atoms with Crippen molar-refractivity contribution in [1.29, 1.82) is 0 Å². The number of allylic oxidation sites excluding steroid dienone is 1. The van der Waals surface area contributed by atoms with Gasteiger partial charge >= 0.3 is 0 Å². The van der Waals surface area contributed by atoms with Crippen LogP contribution in [0.2, 0.25) is 11.6 Å². The zero-order chi connectivity index (χ0) is 14.7. The van der Waals surface area contributed by atoms with Crippen molar-refractivity contribution in [3.05, 3.63) is 12.1 Å². The monoisotopic (exact) mass is 284 g/mol. The molecule has 0 aromatic carbocycles. The third kappa shape index (κ3) is 8.07. The quantitative estimate of drug-likeness (QED) is 0.227. The Balaban J connectivity index is 4.18. The lowest BCUT2D eigenvalue weighted by atomic mass is 9.30. The highest BCUT2D eigenvalue weighted by molar-refractivity contribution is 6.67. The van der Waals surface area contributed by atoms with E-state index in [-0.39, 0.29) is 0 Å². The minimum absolute atomic E-state index is 0.367. The highest BCUT2D eigenvalue weighted by atomic mass is 35.5. The smallest absolute Gasteiger partial charge is 0.122 e. The molecule has 0 atom stereocenters. The Kier molecular flexibility index (Phi) is 10.9. The number of hydrogen-bond acceptors (Lipinski definition) is 0. The fourth-order valence-electron chi connectivity index (χ4n) is 2.50. The summed E-state index contributed by atoms with van der Waals surface area (Å²) in [6.07, 6.45) is 11.7. The molecule has 112 valence electrons. The van der Waals surface area contributed by atoms with Crippen LogP contribution in [0.1, 0.15) is 73.1 Å². The van der Waals surface area contributed by atoms with Gasteiger partial charge in [-0.15, -0.1) is 17.6 Å². The van der Waals surface area contributed by atoms with Gasteiger partial charge in [-0.2, -0.15) is 0 Å². The van der Waals surface area contributed by atoms with Gasteiger partial charge in [-0.1, -0.05) is 85.5 Å². The Morgan fingerprint density at radius 3 is 2.16 bits per heavy atom. The van der Waals surface area contributed by atoms with E-state index in [0.717, 1.165) is 0 Å². The van der Waals surface area contributed by atoms with Crippen LogP contribution in [0.3, 0.4) is 0 Å². The topological polar surface area (TPSA) is 0 Å². The Labute approximate surface area is 127 Å². The molecule has 0 nitrogen and oxygen atoms in total. The SMILES string of the molecule is CCCCCCCCB(/C=C/CCl)C(C)(C)C(C)C. The van der Waals surface area contributed by atoms with Crippen LogP contribution in [0.25, 0.3) is 0 Å². The molecule has 0 bridgehead atoms. The molecule has 0 aliphatic heterocycles. The molecular formula is C17H34BCl. The van der Waals surface area contributed by atoms with Gasteiger partial charge in [0.05, 0.1) is 0 Å². The third-order valence-corrected chi connectivity index (χ3v) is 4.95. The van der Waals surface area contributed by atoms with E-state index in [9.17, 15) is 0 Å². The summed E-state index contributed by atoms with van der Waals surface area (Å²) in [4.78, 5) is 0. The van der Waals surface area contributed by atoms with Gasteiger partial charge in [0, 0.05) is 5.88 Å². The van der Waals surface area contributed by atoms with E-state index < -0.39 is 0 Å². The maximum absolute atomic E-state index is 5.81. The highest BCUT2D eigenvalue weighted by Gasteiger charge is 2.33. The molecule has 0 rings (SSSR count). The molecule has 0 fully saturated rings. The van der Waals surface area contributed by atoms with E-state index in [2.05, 4.69) is 46.7 Å². The second-order valence-electron chi connectivity index (χ2n) is 6.72. The predicted molar refractivity (Wildman–Crippen MR) is 92.7 cm³/mol. The predicted octanol–water partition coefficient (Wildman–Crippen LogP) is 6.61. The van der Waals surface area contributed by atoms with E-state index in [4.69, 9.17) is 11.6 Å². The molecule has 2 heteroatoms. The summed E-state index contributed by atoms with van der Waals surface area (Å²) in [6.45, 7) is 12.4. The Morgan fingerprint density at radius 1 is 1.05 bits per heavy atom. The highest BCUT2D eigenvalue weighted by Crippen LogP contribution is 2.40. The van der Waals surface area contributed by atoms with Gasteiger partial charge in [-0.3, -0.25) is 0 Å². The fraction of sp³-hybridized carbons (Fsp3) is 0.882. The van der Waals surface area contributed by atoms with E-state index in [0.29, 0.717) is 23.8 Å². The molecule has 0 saturated heterocycles. The second-order valence-corrected chi connectivity index (χ2v) is 7.03. The van der Waals surface area contributed by atoms with E-state index in [1.165, 1.54) is 44.8 Å². The first-order valence-electron chi connectivity index (χ1n) is 8.19. The Hall–Kier alpha value is 0.0949. The van der Waals surface area contributed by atoms with Crippen molar-refractivity contribution >= 4 is 18.3 Å². The lowest BCUT2D eigenvalue weighted by Gasteiger charge is -2.34. The van der Waals surface area contributed by atoms with Gasteiger partial charge < -0.3 is 0 Å². The minimum atomic E-state index is 0.367. The second kappa shape index (κ2) is 10.8. The molecule has 0 aromatic heterocycles. The van der Waals surface area contributed by atoms with Crippen molar-refractivity contribution in [3.8, 4) is 0 Å². The molecule has 0 aliphatic carbocycles. The van der Waals surface area contributed by atoms with Gasteiger partial charge in [0.15, 0.2) is 6.71 Å². The summed E-state index contributed by atoms with van der Waals surface area (Å²) >= 11 is 5.81. The van der Waals surface area contributed by atoms with E-state index >= 15 is 0 Å². The van der Waals surface area contributed by atoms with Crippen molar-refractivity contribution < 1.29 is 0 Å². The van der Waals surface area contributed by atoms with Gasteiger partial charge in [0.1, 0.15) is 0 Å². The largest absolute Gasteiger partial charge is 0.172 e. The minimum Gasteiger partial charge on any atom is -0.122 e. The lowest BCUT2D eigenvalue weighted by molar-refractivity contribution is 0.465. The lowest BCUT2D eigenvalue weighted by Crippen LogP contribution is -2.30. The Morgan fingerprint density at radius 2 is 1.63 bits per heavy atom. The molecule has 0 heterocycles. The van der Waals surface area contributed by atoms with Gasteiger partial charge in [-0.05, 0) is 11.2 Å². The maximum Gasteiger partial charge on any atom is 0.172 e. The van der Waals surface area contributed by atoms with Gasteiger partial charge in [0.2, 0.25) is 0 Å². The number of alkyl halides is 1. The number of rotatable bonds is 11. The molecule has 0 aliphatic rings. The summed E-state index contributed by atoms with van der Waals surface area (Å²) in [5.41, 5.74) is 0. The number of halogens is 1. The van der Waals surface area contributed by atoms with Crippen LogP contribution in [-0.2, 0) is 0 Å². The number of hydrogen-bond donors (Lipinski definition) is 0. The molecule has 0 saturated carbocycles. The number of unbranched alkanes of at least 4 members (excludes halogenated alkanes) is 5. The summed E-state index contributed by atoms with van der Waals surface area (Å²) in [7, 11) is 0. The summed E-state index contributed by atoms with van der Waals surface area (Å²) in [5, 5.41) is 0.367. The van der Waals surface area contributed by atoms with E-state index in [1.807, 2.05) is 0 Å². The molecular weight excluding hydrogens is 250 g/mol. The van der Waals surface area contributed by atoms with Crippen LogP contribution in [0, 0.1) is 5.92 Å². The average molecular weight is 285 g/mol. The van der Waals surface area contributed by atoms with Crippen LogP contribution in [0.15, 0.2) is 12.1 Å². The zero-order valence-electron chi connectivity index (χ0n) is 13.8. The molecule has 0 aromatic rings. The molecule has 0 N–H and O–H groups in total. The summed E-state index contributed by atoms with van der Waals surface area (Å²) in [5.74, 6) is 3.71. The molecule has 0 radical (unpaired) electrons. The van der Waals surface area contributed by atoms with Crippen molar-refractivity contribution in [1.82, 2.24) is 0 Å². The first kappa shape index (κ1) is 19.1. The summed E-state index contributed by atoms with van der Waals surface area (Å²) in [6, 6.07) is 0. The van der Waals surface area contributed by atoms with Crippen LogP contribution in [-0.4, -0.2) is 12.6 Å². The van der Waals surface area contributed by atoms with Crippen molar-refractivity contribution in [2.24, 2.45) is 5.92 Å².